The molecular formula is C18H19N5O2. The molecular weight excluding hydrogens is 318 g/mol. The SMILES string of the molecule is O=c1[nH]c2ccc(-c3ccc(O[C@H]4CN5CCC4CC5)nn3)cc2[nH]1. The molecule has 2 bridgehead atoms. The second kappa shape index (κ2) is 5.70. The average Bonchev–Trinajstić information content (AvgIpc) is 3.02. The van der Waals surface area contributed by atoms with Gasteiger partial charge in [0.15, 0.2) is 0 Å². The van der Waals surface area contributed by atoms with Crippen LogP contribution in [0.2, 0.25) is 0 Å². The summed E-state index contributed by atoms with van der Waals surface area (Å²) in [5.74, 6) is 1.22. The fourth-order valence-corrected chi connectivity index (χ4v) is 3.93. The fourth-order valence-electron chi connectivity index (χ4n) is 3.93. The third-order valence-electron chi connectivity index (χ3n) is 5.32. The summed E-state index contributed by atoms with van der Waals surface area (Å²) in [7, 11) is 0. The summed E-state index contributed by atoms with van der Waals surface area (Å²) in [6, 6.07) is 9.47. The van der Waals surface area contributed by atoms with Gasteiger partial charge in [-0.3, -0.25) is 4.90 Å². The third-order valence-corrected chi connectivity index (χ3v) is 5.32. The minimum Gasteiger partial charge on any atom is -0.472 e. The molecule has 2 N–H and O–H groups in total. The zero-order valence-corrected chi connectivity index (χ0v) is 13.7. The van der Waals surface area contributed by atoms with Gasteiger partial charge in [0, 0.05) is 18.2 Å². The number of nitrogens with one attached hydrogen (secondary N) is 2. The van der Waals surface area contributed by atoms with Crippen molar-refractivity contribution in [2.24, 2.45) is 5.92 Å². The number of H-pyrrole nitrogens is 2. The molecule has 1 aromatic carbocycles. The highest BCUT2D eigenvalue weighted by Gasteiger charge is 2.35. The van der Waals surface area contributed by atoms with Gasteiger partial charge in [-0.2, -0.15) is 0 Å². The Kier molecular flexibility index (Phi) is 3.34. The van der Waals surface area contributed by atoms with Gasteiger partial charge in [0.1, 0.15) is 6.10 Å². The maximum absolute atomic E-state index is 11.4. The Morgan fingerprint density at radius 2 is 1.88 bits per heavy atom. The van der Waals surface area contributed by atoms with E-state index < -0.39 is 0 Å². The number of nitrogens with zero attached hydrogens (tertiary/aromatic N) is 3. The van der Waals surface area contributed by atoms with Gasteiger partial charge in [-0.05, 0) is 50.0 Å². The molecule has 2 aromatic heterocycles. The lowest BCUT2D eigenvalue weighted by molar-refractivity contribution is -0.0103. The first-order chi connectivity index (χ1) is 12.2. The maximum Gasteiger partial charge on any atom is 0.323 e. The van der Waals surface area contributed by atoms with E-state index in [-0.39, 0.29) is 11.8 Å². The summed E-state index contributed by atoms with van der Waals surface area (Å²) in [4.78, 5) is 19.3. The van der Waals surface area contributed by atoms with Gasteiger partial charge in [0.25, 0.3) is 0 Å². The van der Waals surface area contributed by atoms with Crippen molar-refractivity contribution >= 4 is 11.0 Å². The Hall–Kier alpha value is -2.67. The predicted molar refractivity (Wildman–Crippen MR) is 93.5 cm³/mol. The number of hydrogen-bond acceptors (Lipinski definition) is 5. The van der Waals surface area contributed by atoms with Gasteiger partial charge < -0.3 is 14.7 Å². The molecule has 0 radical (unpaired) electrons. The lowest BCUT2D eigenvalue weighted by Crippen LogP contribution is -2.52. The van der Waals surface area contributed by atoms with E-state index in [4.69, 9.17) is 4.74 Å². The van der Waals surface area contributed by atoms with E-state index in [9.17, 15) is 4.79 Å². The van der Waals surface area contributed by atoms with Crippen LogP contribution in [0.1, 0.15) is 12.8 Å². The second-order valence-corrected chi connectivity index (χ2v) is 6.89. The molecule has 1 atom stereocenters. The molecule has 0 amide bonds. The molecule has 7 heteroatoms. The summed E-state index contributed by atoms with van der Waals surface area (Å²) in [6.07, 6.45) is 2.65. The molecule has 25 heavy (non-hydrogen) atoms. The van der Waals surface area contributed by atoms with Crippen LogP contribution in [0.3, 0.4) is 0 Å². The van der Waals surface area contributed by atoms with Crippen molar-refractivity contribution in [1.82, 2.24) is 25.1 Å². The van der Waals surface area contributed by atoms with Crippen LogP contribution in [-0.4, -0.2) is 50.8 Å². The number of fused-ring (bicyclic) bond motifs is 4. The van der Waals surface area contributed by atoms with Crippen LogP contribution in [0.15, 0.2) is 35.1 Å². The van der Waals surface area contributed by atoms with E-state index in [1.54, 1.807) is 0 Å². The number of rotatable bonds is 3. The highest BCUT2D eigenvalue weighted by atomic mass is 16.5. The van der Waals surface area contributed by atoms with Gasteiger partial charge in [0.2, 0.25) is 5.88 Å². The van der Waals surface area contributed by atoms with Gasteiger partial charge >= 0.3 is 5.69 Å². The van der Waals surface area contributed by atoms with E-state index in [1.165, 1.54) is 25.9 Å². The summed E-state index contributed by atoms with van der Waals surface area (Å²) >= 11 is 0. The van der Waals surface area contributed by atoms with Gasteiger partial charge in [0.05, 0.1) is 16.7 Å². The summed E-state index contributed by atoms with van der Waals surface area (Å²) in [6.45, 7) is 3.38. The van der Waals surface area contributed by atoms with E-state index in [0.717, 1.165) is 28.8 Å². The Balaban J connectivity index is 1.36. The number of aromatic nitrogens is 4. The molecule has 5 heterocycles. The Morgan fingerprint density at radius 1 is 1.04 bits per heavy atom. The molecule has 3 fully saturated rings. The van der Waals surface area contributed by atoms with Crippen LogP contribution in [0.5, 0.6) is 5.88 Å². The molecule has 128 valence electrons. The molecule has 0 aliphatic carbocycles. The van der Waals surface area contributed by atoms with Crippen LogP contribution in [0.25, 0.3) is 22.3 Å². The van der Waals surface area contributed by atoms with Crippen molar-refractivity contribution in [1.29, 1.82) is 0 Å². The van der Waals surface area contributed by atoms with Crippen LogP contribution < -0.4 is 10.4 Å². The summed E-state index contributed by atoms with van der Waals surface area (Å²) in [5.41, 5.74) is 3.00. The number of aromatic amines is 2. The quantitative estimate of drug-likeness (QED) is 0.761. The van der Waals surface area contributed by atoms with Crippen molar-refractivity contribution in [3.63, 3.8) is 0 Å². The van der Waals surface area contributed by atoms with Crippen molar-refractivity contribution in [2.75, 3.05) is 19.6 Å². The number of ether oxygens (including phenoxy) is 1. The van der Waals surface area contributed by atoms with E-state index in [2.05, 4.69) is 25.1 Å². The molecule has 3 aliphatic heterocycles. The molecule has 0 unspecified atom stereocenters. The number of piperidine rings is 3. The largest absolute Gasteiger partial charge is 0.472 e. The highest BCUT2D eigenvalue weighted by Crippen LogP contribution is 2.30. The molecule has 0 spiro atoms. The Morgan fingerprint density at radius 3 is 2.60 bits per heavy atom. The molecule has 7 nitrogen and oxygen atoms in total. The molecule has 3 saturated heterocycles. The first kappa shape index (κ1) is 14.7. The lowest BCUT2D eigenvalue weighted by atomic mass is 9.86. The van der Waals surface area contributed by atoms with Crippen molar-refractivity contribution in [3.8, 4) is 17.1 Å². The number of benzene rings is 1. The Bertz CT molecular complexity index is 954. The fraction of sp³-hybridized carbons (Fsp3) is 0.389. The van der Waals surface area contributed by atoms with E-state index in [0.29, 0.717) is 11.8 Å². The normalized spacial score (nSPS) is 25.4. The van der Waals surface area contributed by atoms with Crippen LogP contribution >= 0.6 is 0 Å². The molecule has 3 aliphatic rings. The molecule has 6 rings (SSSR count). The summed E-state index contributed by atoms with van der Waals surface area (Å²) in [5, 5.41) is 8.55. The minimum atomic E-state index is -0.209. The van der Waals surface area contributed by atoms with Crippen LogP contribution in [0, 0.1) is 5.92 Å². The van der Waals surface area contributed by atoms with E-state index in [1.807, 2.05) is 30.3 Å². The van der Waals surface area contributed by atoms with Crippen molar-refractivity contribution in [2.45, 2.75) is 18.9 Å². The van der Waals surface area contributed by atoms with Gasteiger partial charge in [-0.1, -0.05) is 6.07 Å². The smallest absolute Gasteiger partial charge is 0.323 e. The zero-order chi connectivity index (χ0) is 16.8. The topological polar surface area (TPSA) is 86.9 Å². The molecule has 0 saturated carbocycles. The monoisotopic (exact) mass is 337 g/mol. The van der Waals surface area contributed by atoms with Crippen LogP contribution in [-0.2, 0) is 0 Å². The first-order valence-electron chi connectivity index (χ1n) is 8.70. The zero-order valence-electron chi connectivity index (χ0n) is 13.7. The number of imidazole rings is 1. The standard InChI is InChI=1S/C18H19N5O2/c24-18-19-14-2-1-12(9-15(14)20-18)13-3-4-17(22-21-13)25-16-10-23-7-5-11(16)6-8-23/h1-4,9,11,16H,5-8,10H2,(H2,19,20,24)/t16-/m0/s1. The first-order valence-corrected chi connectivity index (χ1v) is 8.70. The number of hydrogen-bond donors (Lipinski definition) is 2. The van der Waals surface area contributed by atoms with Gasteiger partial charge in [-0.15, -0.1) is 10.2 Å². The highest BCUT2D eigenvalue weighted by molar-refractivity contribution is 5.80. The third kappa shape index (κ3) is 2.70. The van der Waals surface area contributed by atoms with Crippen LogP contribution in [0.4, 0.5) is 0 Å². The van der Waals surface area contributed by atoms with Crippen molar-refractivity contribution in [3.05, 3.63) is 40.8 Å². The maximum atomic E-state index is 11.4. The van der Waals surface area contributed by atoms with Crippen molar-refractivity contribution < 1.29 is 4.74 Å². The Labute approximate surface area is 144 Å². The van der Waals surface area contributed by atoms with Gasteiger partial charge in [-0.25, -0.2) is 4.79 Å². The second-order valence-electron chi connectivity index (χ2n) is 6.89. The summed E-state index contributed by atoms with van der Waals surface area (Å²) < 4.78 is 6.09. The average molecular weight is 337 g/mol. The van der Waals surface area contributed by atoms with E-state index >= 15 is 0 Å². The lowest BCUT2D eigenvalue weighted by Gasteiger charge is -2.44. The predicted octanol–water partition coefficient (Wildman–Crippen LogP) is 1.79. The molecule has 3 aromatic rings. The minimum absolute atomic E-state index is 0.209.